The van der Waals surface area contributed by atoms with E-state index in [1.165, 1.54) is 12.1 Å². The van der Waals surface area contributed by atoms with Crippen molar-refractivity contribution in [3.63, 3.8) is 0 Å². The lowest BCUT2D eigenvalue weighted by molar-refractivity contribution is -0.137. The van der Waals surface area contributed by atoms with Crippen molar-refractivity contribution in [3.8, 4) is 16.9 Å². The summed E-state index contributed by atoms with van der Waals surface area (Å²) in [4.78, 5) is 0. The largest absolute Gasteiger partial charge is 0.507 e. The first kappa shape index (κ1) is 15.5. The lowest BCUT2D eigenvalue weighted by Crippen LogP contribution is -2.04. The van der Waals surface area contributed by atoms with Crippen molar-refractivity contribution in [1.29, 1.82) is 0 Å². The molecule has 4 rings (SSSR count). The van der Waals surface area contributed by atoms with E-state index >= 15 is 0 Å². The van der Waals surface area contributed by atoms with Crippen molar-refractivity contribution >= 4 is 21.5 Å². The van der Waals surface area contributed by atoms with E-state index in [0.717, 1.165) is 28.3 Å². The van der Waals surface area contributed by atoms with Crippen LogP contribution in [-0.2, 0) is 6.18 Å². The molecule has 0 radical (unpaired) electrons. The summed E-state index contributed by atoms with van der Waals surface area (Å²) >= 11 is 0. The van der Waals surface area contributed by atoms with Gasteiger partial charge in [-0.3, -0.25) is 0 Å². The van der Waals surface area contributed by atoms with Gasteiger partial charge in [0.1, 0.15) is 5.75 Å². The van der Waals surface area contributed by atoms with Crippen molar-refractivity contribution in [2.45, 2.75) is 6.18 Å². The highest BCUT2D eigenvalue weighted by atomic mass is 19.4. The quantitative estimate of drug-likeness (QED) is 0.399. The topological polar surface area (TPSA) is 20.2 Å². The second-order valence-corrected chi connectivity index (χ2v) is 5.89. The Kier molecular flexibility index (Phi) is 3.42. The molecule has 0 spiro atoms. The molecule has 124 valence electrons. The van der Waals surface area contributed by atoms with Gasteiger partial charge >= 0.3 is 6.18 Å². The van der Waals surface area contributed by atoms with Crippen molar-refractivity contribution in [2.24, 2.45) is 0 Å². The molecule has 25 heavy (non-hydrogen) atoms. The number of fused-ring (bicyclic) bond motifs is 3. The van der Waals surface area contributed by atoms with Crippen LogP contribution >= 0.6 is 0 Å². The Morgan fingerprint density at radius 1 is 0.600 bits per heavy atom. The van der Waals surface area contributed by atoms with Crippen LogP contribution in [-0.4, -0.2) is 5.11 Å². The summed E-state index contributed by atoms with van der Waals surface area (Å²) in [5.41, 5.74) is 0.385. The molecular weight excluding hydrogens is 325 g/mol. The normalized spacial score (nSPS) is 12.0. The third kappa shape index (κ3) is 2.50. The van der Waals surface area contributed by atoms with Gasteiger partial charge in [-0.1, -0.05) is 60.7 Å². The zero-order valence-electron chi connectivity index (χ0n) is 13.0. The first-order valence-electron chi connectivity index (χ1n) is 7.77. The van der Waals surface area contributed by atoms with Gasteiger partial charge in [-0.2, -0.15) is 13.2 Å². The highest BCUT2D eigenvalue weighted by molar-refractivity contribution is 6.17. The van der Waals surface area contributed by atoms with E-state index in [1.54, 1.807) is 0 Å². The molecule has 0 heterocycles. The van der Waals surface area contributed by atoms with Gasteiger partial charge in [0.05, 0.1) is 5.56 Å². The molecule has 0 saturated heterocycles. The maximum absolute atomic E-state index is 12.8. The maximum atomic E-state index is 12.8. The lowest BCUT2D eigenvalue weighted by Gasteiger charge is -2.14. The molecule has 0 amide bonds. The molecule has 4 aromatic rings. The predicted octanol–water partition coefficient (Wildman–Crippen LogP) is 6.38. The van der Waals surface area contributed by atoms with Gasteiger partial charge in [0.15, 0.2) is 0 Å². The third-order valence-electron chi connectivity index (χ3n) is 4.41. The first-order valence-corrected chi connectivity index (χ1v) is 7.77. The van der Waals surface area contributed by atoms with Crippen LogP contribution in [0, 0.1) is 0 Å². The molecule has 4 aromatic carbocycles. The van der Waals surface area contributed by atoms with E-state index < -0.39 is 11.7 Å². The summed E-state index contributed by atoms with van der Waals surface area (Å²) in [5, 5.41) is 14.1. The number of alkyl halides is 3. The number of phenols is 1. The summed E-state index contributed by atoms with van der Waals surface area (Å²) in [6, 6.07) is 19.9. The van der Waals surface area contributed by atoms with Gasteiger partial charge in [-0.05, 0) is 33.9 Å². The van der Waals surface area contributed by atoms with Gasteiger partial charge in [0.25, 0.3) is 0 Å². The Hall–Kier alpha value is -3.01. The van der Waals surface area contributed by atoms with Crippen molar-refractivity contribution < 1.29 is 18.3 Å². The Morgan fingerprint density at radius 3 is 1.64 bits per heavy atom. The summed E-state index contributed by atoms with van der Waals surface area (Å²) in [7, 11) is 0. The minimum atomic E-state index is -4.38. The van der Waals surface area contributed by atoms with Crippen molar-refractivity contribution in [2.75, 3.05) is 0 Å². The Bertz CT molecular complexity index is 1080. The minimum absolute atomic E-state index is 0.0778. The number of halogens is 3. The van der Waals surface area contributed by atoms with E-state index in [0.29, 0.717) is 16.5 Å². The van der Waals surface area contributed by atoms with Gasteiger partial charge in [-0.15, -0.1) is 0 Å². The van der Waals surface area contributed by atoms with E-state index in [2.05, 4.69) is 0 Å². The maximum Gasteiger partial charge on any atom is 0.416 e. The SMILES string of the molecule is Oc1c(-c2ccc(C(F)(F)F)cc2)c2ccccc2c2ccccc12. The molecular formula is C21H13F3O. The van der Waals surface area contributed by atoms with Crippen LogP contribution < -0.4 is 0 Å². The Labute approximate surface area is 142 Å². The summed E-state index contributed by atoms with van der Waals surface area (Å²) < 4.78 is 38.4. The van der Waals surface area contributed by atoms with Crippen LogP contribution in [0.1, 0.15) is 5.56 Å². The van der Waals surface area contributed by atoms with Crippen molar-refractivity contribution in [1.82, 2.24) is 0 Å². The molecule has 0 aliphatic rings. The molecule has 0 bridgehead atoms. The average Bonchev–Trinajstić information content (AvgIpc) is 2.62. The van der Waals surface area contributed by atoms with Gasteiger partial charge in [0, 0.05) is 10.9 Å². The molecule has 1 nitrogen and oxygen atoms in total. The highest BCUT2D eigenvalue weighted by Gasteiger charge is 2.30. The van der Waals surface area contributed by atoms with Crippen LogP contribution in [0.3, 0.4) is 0 Å². The molecule has 0 fully saturated rings. The fraction of sp³-hybridized carbons (Fsp3) is 0.0476. The molecule has 0 unspecified atom stereocenters. The van der Waals surface area contributed by atoms with E-state index in [9.17, 15) is 18.3 Å². The van der Waals surface area contributed by atoms with Gasteiger partial charge in [-0.25, -0.2) is 0 Å². The molecule has 0 aliphatic heterocycles. The molecule has 1 N–H and O–H groups in total. The Morgan fingerprint density at radius 2 is 1.08 bits per heavy atom. The summed E-state index contributed by atoms with van der Waals surface area (Å²) in [6.07, 6.45) is -4.38. The predicted molar refractivity (Wildman–Crippen MR) is 93.6 cm³/mol. The monoisotopic (exact) mass is 338 g/mol. The van der Waals surface area contributed by atoms with Crippen LogP contribution in [0.5, 0.6) is 5.75 Å². The standard InChI is InChI=1S/C21H13F3O/c22-21(23,24)14-11-9-13(10-12-14)19-17-7-3-1-5-15(17)16-6-2-4-8-18(16)20(19)25/h1-12,25H. The number of aromatic hydroxyl groups is 1. The number of phenolic OH excluding ortho intramolecular Hbond substituents is 1. The van der Waals surface area contributed by atoms with Crippen LogP contribution in [0.25, 0.3) is 32.7 Å². The van der Waals surface area contributed by atoms with Gasteiger partial charge in [0.2, 0.25) is 0 Å². The van der Waals surface area contributed by atoms with Crippen LogP contribution in [0.2, 0.25) is 0 Å². The number of hydrogen-bond acceptors (Lipinski definition) is 1. The summed E-state index contributed by atoms with van der Waals surface area (Å²) in [5.74, 6) is 0.0778. The van der Waals surface area contributed by atoms with Crippen LogP contribution in [0.4, 0.5) is 13.2 Å². The van der Waals surface area contributed by atoms with E-state index in [4.69, 9.17) is 0 Å². The third-order valence-corrected chi connectivity index (χ3v) is 4.41. The molecule has 4 heteroatoms. The van der Waals surface area contributed by atoms with Crippen molar-refractivity contribution in [3.05, 3.63) is 78.4 Å². The second kappa shape index (κ2) is 5.52. The zero-order chi connectivity index (χ0) is 17.6. The smallest absolute Gasteiger partial charge is 0.416 e. The first-order chi connectivity index (χ1) is 12.0. The van der Waals surface area contributed by atoms with E-state index in [1.807, 2.05) is 48.5 Å². The molecule has 0 aliphatic carbocycles. The number of hydrogen-bond donors (Lipinski definition) is 1. The fourth-order valence-corrected chi connectivity index (χ4v) is 3.24. The summed E-state index contributed by atoms with van der Waals surface area (Å²) in [6.45, 7) is 0. The van der Waals surface area contributed by atoms with Gasteiger partial charge < -0.3 is 5.11 Å². The fourth-order valence-electron chi connectivity index (χ4n) is 3.24. The second-order valence-electron chi connectivity index (χ2n) is 5.89. The number of rotatable bonds is 1. The molecule has 0 saturated carbocycles. The highest BCUT2D eigenvalue weighted by Crippen LogP contribution is 2.43. The Balaban J connectivity index is 2.05. The lowest BCUT2D eigenvalue weighted by atomic mass is 9.92. The van der Waals surface area contributed by atoms with E-state index in [-0.39, 0.29) is 5.75 Å². The molecule has 0 aromatic heterocycles. The van der Waals surface area contributed by atoms with Crippen LogP contribution in [0.15, 0.2) is 72.8 Å². The zero-order valence-corrected chi connectivity index (χ0v) is 13.0. The average molecular weight is 338 g/mol. The molecule has 0 atom stereocenters. The number of benzene rings is 4. The minimum Gasteiger partial charge on any atom is -0.507 e.